The SMILES string of the molecule is Cc1cc(C)c2nc(C)cc(Nc3ccc4c(c3)OCCO4)c2c1.[Cl-]. The van der Waals surface area contributed by atoms with Gasteiger partial charge in [0.25, 0.3) is 0 Å². The van der Waals surface area contributed by atoms with Gasteiger partial charge < -0.3 is 27.2 Å². The number of hydrogen-bond acceptors (Lipinski definition) is 4. The van der Waals surface area contributed by atoms with Gasteiger partial charge in [0.15, 0.2) is 11.5 Å². The molecule has 5 heteroatoms. The topological polar surface area (TPSA) is 43.4 Å². The zero-order chi connectivity index (χ0) is 16.7. The van der Waals surface area contributed by atoms with Gasteiger partial charge in [-0.2, -0.15) is 0 Å². The van der Waals surface area contributed by atoms with E-state index in [0.29, 0.717) is 13.2 Å². The van der Waals surface area contributed by atoms with Crippen LogP contribution in [0.5, 0.6) is 11.5 Å². The molecule has 0 bridgehead atoms. The van der Waals surface area contributed by atoms with Crippen molar-refractivity contribution in [2.45, 2.75) is 20.8 Å². The van der Waals surface area contributed by atoms with Gasteiger partial charge in [-0.05, 0) is 50.6 Å². The number of pyridine rings is 1. The van der Waals surface area contributed by atoms with Crippen LogP contribution in [0.2, 0.25) is 0 Å². The molecule has 2 aromatic carbocycles. The summed E-state index contributed by atoms with van der Waals surface area (Å²) >= 11 is 0. The molecule has 0 saturated carbocycles. The van der Waals surface area contributed by atoms with E-state index in [1.165, 1.54) is 11.1 Å². The van der Waals surface area contributed by atoms with Crippen molar-refractivity contribution in [3.05, 3.63) is 53.2 Å². The zero-order valence-electron chi connectivity index (χ0n) is 14.5. The van der Waals surface area contributed by atoms with Gasteiger partial charge in [0.05, 0.1) is 5.52 Å². The fourth-order valence-corrected chi connectivity index (χ4v) is 3.19. The maximum Gasteiger partial charge on any atom is 0.163 e. The molecule has 3 aromatic rings. The van der Waals surface area contributed by atoms with Gasteiger partial charge in [-0.25, -0.2) is 0 Å². The number of anilines is 2. The molecule has 0 fully saturated rings. The molecule has 0 atom stereocenters. The second-order valence-corrected chi connectivity index (χ2v) is 6.27. The highest BCUT2D eigenvalue weighted by Gasteiger charge is 2.13. The Morgan fingerprint density at radius 2 is 1.68 bits per heavy atom. The molecule has 1 aliphatic rings. The molecule has 1 N–H and O–H groups in total. The van der Waals surface area contributed by atoms with Gasteiger partial charge in [0, 0.05) is 28.5 Å². The Kier molecular flexibility index (Phi) is 4.73. The van der Waals surface area contributed by atoms with Crippen molar-refractivity contribution in [2.24, 2.45) is 0 Å². The Bertz CT molecular complexity index is 941. The molecule has 0 unspecified atom stereocenters. The van der Waals surface area contributed by atoms with E-state index in [1.807, 2.05) is 25.1 Å². The summed E-state index contributed by atoms with van der Waals surface area (Å²) in [6.45, 7) is 7.43. The van der Waals surface area contributed by atoms with Crippen LogP contribution in [0.15, 0.2) is 36.4 Å². The first kappa shape index (κ1) is 17.4. The fourth-order valence-electron chi connectivity index (χ4n) is 3.19. The molecule has 0 radical (unpaired) electrons. The van der Waals surface area contributed by atoms with E-state index in [9.17, 15) is 0 Å². The largest absolute Gasteiger partial charge is 1.00 e. The second kappa shape index (κ2) is 6.81. The summed E-state index contributed by atoms with van der Waals surface area (Å²) in [5.41, 5.74) is 6.50. The van der Waals surface area contributed by atoms with Crippen molar-refractivity contribution >= 4 is 22.3 Å². The van der Waals surface area contributed by atoms with Crippen molar-refractivity contribution < 1.29 is 21.9 Å². The predicted molar refractivity (Wildman–Crippen MR) is 96.7 cm³/mol. The van der Waals surface area contributed by atoms with Gasteiger partial charge >= 0.3 is 0 Å². The molecule has 0 amide bonds. The van der Waals surface area contributed by atoms with E-state index in [-0.39, 0.29) is 12.4 Å². The maximum absolute atomic E-state index is 5.67. The van der Waals surface area contributed by atoms with Crippen molar-refractivity contribution in [1.29, 1.82) is 0 Å². The highest BCUT2D eigenvalue weighted by molar-refractivity contribution is 5.95. The average molecular weight is 356 g/mol. The zero-order valence-corrected chi connectivity index (χ0v) is 15.3. The second-order valence-electron chi connectivity index (χ2n) is 6.27. The van der Waals surface area contributed by atoms with Crippen molar-refractivity contribution in [3.63, 3.8) is 0 Å². The number of ether oxygens (including phenoxy) is 2. The first-order valence-corrected chi connectivity index (χ1v) is 8.15. The van der Waals surface area contributed by atoms with E-state index in [1.54, 1.807) is 0 Å². The average Bonchev–Trinajstić information content (AvgIpc) is 2.56. The lowest BCUT2D eigenvalue weighted by Gasteiger charge is -2.19. The summed E-state index contributed by atoms with van der Waals surface area (Å²) in [6, 6.07) is 12.4. The lowest BCUT2D eigenvalue weighted by Crippen LogP contribution is -3.00. The molecule has 2 heterocycles. The quantitative estimate of drug-likeness (QED) is 0.759. The summed E-state index contributed by atoms with van der Waals surface area (Å²) in [5, 5.41) is 4.65. The molecular weight excluding hydrogens is 336 g/mol. The monoisotopic (exact) mass is 355 g/mol. The molecule has 4 nitrogen and oxygen atoms in total. The number of halogens is 1. The fraction of sp³-hybridized carbons (Fsp3) is 0.250. The van der Waals surface area contributed by atoms with E-state index < -0.39 is 0 Å². The number of aryl methyl sites for hydroxylation is 3. The molecular formula is C20H20ClN2O2-. The third kappa shape index (κ3) is 3.35. The summed E-state index contributed by atoms with van der Waals surface area (Å²) in [7, 11) is 0. The van der Waals surface area contributed by atoms with E-state index in [0.717, 1.165) is 39.5 Å². The normalized spacial score (nSPS) is 12.6. The highest BCUT2D eigenvalue weighted by atomic mass is 35.5. The summed E-state index contributed by atoms with van der Waals surface area (Å²) in [4.78, 5) is 4.70. The molecule has 1 aliphatic heterocycles. The first-order valence-electron chi connectivity index (χ1n) is 8.15. The van der Waals surface area contributed by atoms with Crippen LogP contribution in [0.3, 0.4) is 0 Å². The number of nitrogens with zero attached hydrogens (tertiary/aromatic N) is 1. The Balaban J connectivity index is 0.00000182. The van der Waals surface area contributed by atoms with Crippen LogP contribution in [0.25, 0.3) is 10.9 Å². The minimum absolute atomic E-state index is 0. The van der Waals surface area contributed by atoms with Crippen LogP contribution in [0, 0.1) is 20.8 Å². The van der Waals surface area contributed by atoms with Crippen LogP contribution in [0.4, 0.5) is 11.4 Å². The van der Waals surface area contributed by atoms with Crippen LogP contribution in [-0.4, -0.2) is 18.2 Å². The maximum atomic E-state index is 5.67. The minimum atomic E-state index is 0. The lowest BCUT2D eigenvalue weighted by atomic mass is 10.0. The smallest absolute Gasteiger partial charge is 0.163 e. The Morgan fingerprint density at radius 3 is 2.48 bits per heavy atom. The van der Waals surface area contributed by atoms with Gasteiger partial charge in [-0.3, -0.25) is 4.98 Å². The number of nitrogens with one attached hydrogen (secondary N) is 1. The standard InChI is InChI=1S/C20H20N2O2.ClH/c1-12-8-13(2)20-16(9-12)17(10-14(3)21-20)22-15-4-5-18-19(11-15)24-7-6-23-18;/h4-5,8-11H,6-7H2,1-3H3,(H,21,22);1H/p-1. The van der Waals surface area contributed by atoms with Gasteiger partial charge in [0.2, 0.25) is 0 Å². The van der Waals surface area contributed by atoms with Gasteiger partial charge in [0.1, 0.15) is 13.2 Å². The van der Waals surface area contributed by atoms with Gasteiger partial charge in [-0.15, -0.1) is 0 Å². The third-order valence-electron chi connectivity index (χ3n) is 4.20. The Morgan fingerprint density at radius 1 is 0.920 bits per heavy atom. The van der Waals surface area contributed by atoms with E-state index >= 15 is 0 Å². The van der Waals surface area contributed by atoms with E-state index in [4.69, 9.17) is 14.5 Å². The summed E-state index contributed by atoms with van der Waals surface area (Å²) in [6.07, 6.45) is 0. The van der Waals surface area contributed by atoms with Crippen molar-refractivity contribution in [3.8, 4) is 11.5 Å². The van der Waals surface area contributed by atoms with Crippen LogP contribution < -0.4 is 27.2 Å². The number of rotatable bonds is 2. The number of aromatic nitrogens is 1. The van der Waals surface area contributed by atoms with Crippen molar-refractivity contribution in [1.82, 2.24) is 4.98 Å². The van der Waals surface area contributed by atoms with Gasteiger partial charge in [-0.1, -0.05) is 11.6 Å². The molecule has 25 heavy (non-hydrogen) atoms. The third-order valence-corrected chi connectivity index (χ3v) is 4.20. The number of hydrogen-bond donors (Lipinski definition) is 1. The van der Waals surface area contributed by atoms with E-state index in [2.05, 4.69) is 37.4 Å². The van der Waals surface area contributed by atoms with Crippen LogP contribution >= 0.6 is 0 Å². The first-order chi connectivity index (χ1) is 11.6. The Labute approximate surface area is 153 Å². The minimum Gasteiger partial charge on any atom is -1.00 e. The Hall–Kier alpha value is -2.46. The number of fused-ring (bicyclic) bond motifs is 2. The molecule has 130 valence electrons. The molecule has 4 rings (SSSR count). The molecule has 0 aliphatic carbocycles. The van der Waals surface area contributed by atoms with Crippen molar-refractivity contribution in [2.75, 3.05) is 18.5 Å². The van der Waals surface area contributed by atoms with Crippen LogP contribution in [-0.2, 0) is 0 Å². The summed E-state index contributed by atoms with van der Waals surface area (Å²) < 4.78 is 11.3. The summed E-state index contributed by atoms with van der Waals surface area (Å²) in [5.74, 6) is 1.59. The molecule has 0 saturated heterocycles. The highest BCUT2D eigenvalue weighted by Crippen LogP contribution is 2.35. The van der Waals surface area contributed by atoms with Crippen LogP contribution in [0.1, 0.15) is 16.8 Å². The molecule has 1 aromatic heterocycles. The molecule has 0 spiro atoms. The number of benzene rings is 2. The lowest BCUT2D eigenvalue weighted by molar-refractivity contribution is -0.00000563. The predicted octanol–water partition coefficient (Wildman–Crippen LogP) is 1.68.